The number of hydrogen-bond acceptors (Lipinski definition) is 5. The molecular formula is C59H108O5. The second kappa shape index (κ2) is 55.2. The first-order valence-electron chi connectivity index (χ1n) is 28.2. The SMILES string of the molecule is CC/C=C\C/C=C\C/C=C\CCCCCCCC(=O)OC(COCCCCCCCC/C=C\CCCCCC)COC(=O)CCCCCCCCCCCCCCCCCCCCC. The number of carbonyl (C=O) groups is 2. The van der Waals surface area contributed by atoms with Crippen LogP contribution in [-0.4, -0.2) is 37.9 Å². The highest BCUT2D eigenvalue weighted by Gasteiger charge is 2.17. The summed E-state index contributed by atoms with van der Waals surface area (Å²) >= 11 is 0. The van der Waals surface area contributed by atoms with Gasteiger partial charge < -0.3 is 14.2 Å². The Hall–Kier alpha value is -2.14. The lowest BCUT2D eigenvalue weighted by Crippen LogP contribution is -2.30. The summed E-state index contributed by atoms with van der Waals surface area (Å²) in [6, 6.07) is 0. The summed E-state index contributed by atoms with van der Waals surface area (Å²) in [5, 5.41) is 0. The van der Waals surface area contributed by atoms with E-state index in [1.54, 1.807) is 0 Å². The Morgan fingerprint density at radius 1 is 0.359 bits per heavy atom. The molecule has 0 N–H and O–H groups in total. The van der Waals surface area contributed by atoms with Gasteiger partial charge in [-0.3, -0.25) is 9.59 Å². The molecular weight excluding hydrogens is 789 g/mol. The van der Waals surface area contributed by atoms with Gasteiger partial charge in [-0.25, -0.2) is 0 Å². The second-order valence-electron chi connectivity index (χ2n) is 18.8. The quantitative estimate of drug-likeness (QED) is 0.0346. The summed E-state index contributed by atoms with van der Waals surface area (Å²) < 4.78 is 17.4. The molecule has 0 bridgehead atoms. The topological polar surface area (TPSA) is 61.8 Å². The Morgan fingerprint density at radius 2 is 0.703 bits per heavy atom. The molecule has 0 aliphatic heterocycles. The van der Waals surface area contributed by atoms with E-state index in [-0.39, 0.29) is 25.2 Å². The van der Waals surface area contributed by atoms with Crippen LogP contribution < -0.4 is 0 Å². The Kier molecular flexibility index (Phi) is 53.3. The minimum absolute atomic E-state index is 0.0795. The molecule has 0 aromatic heterocycles. The van der Waals surface area contributed by atoms with Crippen LogP contribution in [0.3, 0.4) is 0 Å². The molecule has 0 saturated carbocycles. The summed E-state index contributed by atoms with van der Waals surface area (Å²) in [7, 11) is 0. The van der Waals surface area contributed by atoms with E-state index in [1.807, 2.05) is 0 Å². The fourth-order valence-electron chi connectivity index (χ4n) is 8.17. The molecule has 5 heteroatoms. The van der Waals surface area contributed by atoms with Crippen molar-refractivity contribution in [3.63, 3.8) is 0 Å². The van der Waals surface area contributed by atoms with Crippen molar-refractivity contribution < 1.29 is 23.8 Å². The van der Waals surface area contributed by atoms with E-state index in [0.29, 0.717) is 19.4 Å². The van der Waals surface area contributed by atoms with Gasteiger partial charge in [0.15, 0.2) is 6.10 Å². The van der Waals surface area contributed by atoms with Crippen molar-refractivity contribution in [2.24, 2.45) is 0 Å². The molecule has 374 valence electrons. The van der Waals surface area contributed by atoms with E-state index in [1.165, 1.54) is 186 Å². The molecule has 0 fully saturated rings. The summed E-state index contributed by atoms with van der Waals surface area (Å²) in [5.41, 5.74) is 0. The zero-order valence-electron chi connectivity index (χ0n) is 43.1. The van der Waals surface area contributed by atoms with Gasteiger partial charge in [-0.05, 0) is 77.0 Å². The van der Waals surface area contributed by atoms with Crippen molar-refractivity contribution in [1.82, 2.24) is 0 Å². The van der Waals surface area contributed by atoms with E-state index in [4.69, 9.17) is 14.2 Å². The molecule has 1 unspecified atom stereocenters. The first-order chi connectivity index (χ1) is 31.6. The lowest BCUT2D eigenvalue weighted by atomic mass is 10.0. The van der Waals surface area contributed by atoms with E-state index in [0.717, 1.165) is 70.6 Å². The van der Waals surface area contributed by atoms with Gasteiger partial charge in [-0.15, -0.1) is 0 Å². The zero-order chi connectivity index (χ0) is 46.3. The number of hydrogen-bond donors (Lipinski definition) is 0. The van der Waals surface area contributed by atoms with Gasteiger partial charge in [0.25, 0.3) is 0 Å². The first kappa shape index (κ1) is 61.9. The van der Waals surface area contributed by atoms with Crippen LogP contribution in [0.5, 0.6) is 0 Å². The predicted octanol–water partition coefficient (Wildman–Crippen LogP) is 19.1. The van der Waals surface area contributed by atoms with Gasteiger partial charge in [0.05, 0.1) is 6.61 Å². The minimum atomic E-state index is -0.546. The summed E-state index contributed by atoms with van der Waals surface area (Å²) in [6.07, 6.45) is 68.4. The predicted molar refractivity (Wildman–Crippen MR) is 279 cm³/mol. The van der Waals surface area contributed by atoms with Crippen LogP contribution in [0.15, 0.2) is 48.6 Å². The minimum Gasteiger partial charge on any atom is -0.462 e. The Bertz CT molecular complexity index is 1060. The fourth-order valence-corrected chi connectivity index (χ4v) is 8.17. The summed E-state index contributed by atoms with van der Waals surface area (Å²) in [4.78, 5) is 25.5. The molecule has 64 heavy (non-hydrogen) atoms. The molecule has 0 aromatic carbocycles. The van der Waals surface area contributed by atoms with Crippen molar-refractivity contribution in [3.8, 4) is 0 Å². The van der Waals surface area contributed by atoms with Crippen LogP contribution in [0.1, 0.15) is 290 Å². The van der Waals surface area contributed by atoms with Gasteiger partial charge in [-0.2, -0.15) is 0 Å². The first-order valence-corrected chi connectivity index (χ1v) is 28.2. The van der Waals surface area contributed by atoms with Gasteiger partial charge in [-0.1, -0.05) is 249 Å². The third-order valence-electron chi connectivity index (χ3n) is 12.3. The largest absolute Gasteiger partial charge is 0.462 e. The zero-order valence-corrected chi connectivity index (χ0v) is 43.1. The average Bonchev–Trinajstić information content (AvgIpc) is 3.30. The van der Waals surface area contributed by atoms with Crippen LogP contribution in [0.4, 0.5) is 0 Å². The molecule has 0 aliphatic rings. The molecule has 5 nitrogen and oxygen atoms in total. The lowest BCUT2D eigenvalue weighted by molar-refractivity contribution is -0.163. The van der Waals surface area contributed by atoms with E-state index >= 15 is 0 Å². The summed E-state index contributed by atoms with van der Waals surface area (Å²) in [5.74, 6) is -0.405. The molecule has 0 radical (unpaired) electrons. The molecule has 0 amide bonds. The average molecular weight is 898 g/mol. The maximum Gasteiger partial charge on any atom is 0.306 e. The maximum absolute atomic E-state index is 12.8. The molecule has 0 heterocycles. The lowest BCUT2D eigenvalue weighted by Gasteiger charge is -2.18. The number of ether oxygens (including phenoxy) is 3. The molecule has 0 saturated heterocycles. The number of rotatable bonds is 52. The van der Waals surface area contributed by atoms with Crippen molar-refractivity contribution in [3.05, 3.63) is 48.6 Å². The summed E-state index contributed by atoms with van der Waals surface area (Å²) in [6.45, 7) is 7.72. The third-order valence-corrected chi connectivity index (χ3v) is 12.3. The van der Waals surface area contributed by atoms with Gasteiger partial charge in [0.2, 0.25) is 0 Å². The van der Waals surface area contributed by atoms with Crippen LogP contribution in [0, 0.1) is 0 Å². The number of allylic oxidation sites excluding steroid dienone is 8. The normalized spacial score (nSPS) is 12.5. The van der Waals surface area contributed by atoms with Gasteiger partial charge in [0, 0.05) is 19.4 Å². The van der Waals surface area contributed by atoms with Crippen LogP contribution in [0.25, 0.3) is 0 Å². The van der Waals surface area contributed by atoms with Crippen molar-refractivity contribution in [2.75, 3.05) is 19.8 Å². The number of carbonyl (C=O) groups excluding carboxylic acids is 2. The fraction of sp³-hybridized carbons (Fsp3) is 0.831. The van der Waals surface area contributed by atoms with Gasteiger partial charge in [0.1, 0.15) is 6.61 Å². The van der Waals surface area contributed by atoms with Crippen molar-refractivity contribution in [2.45, 2.75) is 297 Å². The van der Waals surface area contributed by atoms with Crippen molar-refractivity contribution >= 4 is 11.9 Å². The second-order valence-corrected chi connectivity index (χ2v) is 18.8. The number of unbranched alkanes of at least 4 members (excludes halogenated alkanes) is 33. The molecule has 0 aromatic rings. The smallest absolute Gasteiger partial charge is 0.306 e. The van der Waals surface area contributed by atoms with Crippen molar-refractivity contribution in [1.29, 1.82) is 0 Å². The van der Waals surface area contributed by atoms with Crippen LogP contribution >= 0.6 is 0 Å². The Morgan fingerprint density at radius 3 is 1.16 bits per heavy atom. The van der Waals surface area contributed by atoms with Crippen LogP contribution in [0.2, 0.25) is 0 Å². The highest BCUT2D eigenvalue weighted by Crippen LogP contribution is 2.16. The molecule has 0 rings (SSSR count). The molecule has 0 spiro atoms. The Labute approximate surface area is 399 Å². The molecule has 0 aliphatic carbocycles. The maximum atomic E-state index is 12.8. The monoisotopic (exact) mass is 897 g/mol. The highest BCUT2D eigenvalue weighted by atomic mass is 16.6. The van der Waals surface area contributed by atoms with Gasteiger partial charge >= 0.3 is 11.9 Å². The highest BCUT2D eigenvalue weighted by molar-refractivity contribution is 5.70. The standard InChI is InChI=1S/C59H108O5/c1-4-7-10-13-16-19-22-25-28-29-30-31-33-34-37-40-43-46-49-52-58(60)63-56-57(55-62-54-51-48-45-42-39-36-27-24-21-18-15-12-9-6-3)64-59(61)53-50-47-44-41-38-35-32-26-23-20-17-14-11-8-5-2/h8,11,17,20-21,24,26,32,57H,4-7,9-10,12-16,18-19,22-23,25,27-31,33-56H2,1-3H3/b11-8-,20-17-,24-21-,32-26-. The van der Waals surface area contributed by atoms with E-state index in [2.05, 4.69) is 69.4 Å². The van der Waals surface area contributed by atoms with E-state index < -0.39 is 6.10 Å². The Balaban J connectivity index is 4.24. The third kappa shape index (κ3) is 52.5. The van der Waals surface area contributed by atoms with E-state index in [9.17, 15) is 9.59 Å². The number of esters is 2. The van der Waals surface area contributed by atoms with Crippen LogP contribution in [-0.2, 0) is 23.8 Å². The molecule has 1 atom stereocenters.